The Bertz CT molecular complexity index is 718. The number of nitrogens with one attached hydrogen (secondary N) is 1. The van der Waals surface area contributed by atoms with Crippen molar-refractivity contribution in [3.05, 3.63) is 22.7 Å². The van der Waals surface area contributed by atoms with Crippen molar-refractivity contribution < 1.29 is 16.8 Å². The maximum atomic E-state index is 12.2. The van der Waals surface area contributed by atoms with Crippen LogP contribution in [0.15, 0.2) is 32.5 Å². The molecule has 1 rings (SSSR count). The average Bonchev–Trinajstić information content (AvgIpc) is 2.26. The predicted molar refractivity (Wildman–Crippen MR) is 88.0 cm³/mol. The summed E-state index contributed by atoms with van der Waals surface area (Å²) < 4.78 is 50.0. The molecule has 0 aliphatic heterocycles. The van der Waals surface area contributed by atoms with Crippen LogP contribution in [0.1, 0.15) is 13.8 Å². The summed E-state index contributed by atoms with van der Waals surface area (Å²) in [5.41, 5.74) is 4.69. The zero-order chi connectivity index (χ0) is 15.8. The van der Waals surface area contributed by atoms with Crippen molar-refractivity contribution in [1.82, 2.24) is 4.72 Å². The van der Waals surface area contributed by atoms with E-state index in [1.54, 1.807) is 13.8 Å². The molecule has 0 atom stereocenters. The second-order valence-corrected chi connectivity index (χ2v) is 9.58. The van der Waals surface area contributed by atoms with Gasteiger partial charge in [0.05, 0.1) is 9.79 Å². The van der Waals surface area contributed by atoms with Crippen molar-refractivity contribution in [3.63, 3.8) is 0 Å². The van der Waals surface area contributed by atoms with E-state index in [-0.39, 0.29) is 33.2 Å². The predicted octanol–water partition coefficient (Wildman–Crippen LogP) is 1.29. The van der Waals surface area contributed by atoms with E-state index in [2.05, 4.69) is 20.7 Å². The van der Waals surface area contributed by atoms with Gasteiger partial charge in [-0.15, -0.1) is 12.4 Å². The van der Waals surface area contributed by atoms with Gasteiger partial charge >= 0.3 is 0 Å². The number of hydrogen-bond donors (Lipinski definition) is 2. The molecular formula is C11H18BrClN2O4S2. The molecule has 0 fully saturated rings. The maximum Gasteiger partial charge on any atom is 0.242 e. The first-order valence-electron chi connectivity index (χ1n) is 5.63. The second-order valence-electron chi connectivity index (χ2n) is 5.06. The van der Waals surface area contributed by atoms with Crippen molar-refractivity contribution in [2.75, 3.05) is 12.8 Å². The van der Waals surface area contributed by atoms with E-state index in [0.29, 0.717) is 0 Å². The molecule has 21 heavy (non-hydrogen) atoms. The highest BCUT2D eigenvalue weighted by molar-refractivity contribution is 9.10. The highest BCUT2D eigenvalue weighted by atomic mass is 79.9. The average molecular weight is 422 g/mol. The summed E-state index contributed by atoms with van der Waals surface area (Å²) in [6.45, 7) is 3.44. The van der Waals surface area contributed by atoms with Gasteiger partial charge in [0.25, 0.3) is 0 Å². The minimum absolute atomic E-state index is 0. The zero-order valence-corrected chi connectivity index (χ0v) is 15.8. The molecule has 0 aromatic heterocycles. The van der Waals surface area contributed by atoms with E-state index in [0.717, 1.165) is 6.26 Å². The van der Waals surface area contributed by atoms with E-state index in [9.17, 15) is 16.8 Å². The Labute approximate surface area is 140 Å². The van der Waals surface area contributed by atoms with Gasteiger partial charge in [-0.25, -0.2) is 21.6 Å². The van der Waals surface area contributed by atoms with Crippen LogP contribution in [0.4, 0.5) is 0 Å². The molecule has 0 bridgehead atoms. The summed E-state index contributed by atoms with van der Waals surface area (Å²) in [6.07, 6.45) is 1.05. The lowest BCUT2D eigenvalue weighted by Gasteiger charge is -2.24. The summed E-state index contributed by atoms with van der Waals surface area (Å²) in [7, 11) is -7.19. The summed E-state index contributed by atoms with van der Waals surface area (Å²) in [4.78, 5) is 0.00725. The Hall–Kier alpha value is -0.190. The van der Waals surface area contributed by atoms with Crippen LogP contribution < -0.4 is 10.5 Å². The highest BCUT2D eigenvalue weighted by Gasteiger charge is 2.27. The number of halogens is 2. The summed E-state index contributed by atoms with van der Waals surface area (Å²) in [6, 6.07) is 3.76. The molecule has 10 heteroatoms. The fourth-order valence-corrected chi connectivity index (χ4v) is 4.69. The molecule has 6 nitrogen and oxygen atoms in total. The fraction of sp³-hybridized carbons (Fsp3) is 0.455. The number of sulfone groups is 1. The Morgan fingerprint density at radius 2 is 1.76 bits per heavy atom. The van der Waals surface area contributed by atoms with Crippen LogP contribution in [-0.4, -0.2) is 35.2 Å². The van der Waals surface area contributed by atoms with Crippen LogP contribution in [0.5, 0.6) is 0 Å². The molecule has 0 unspecified atom stereocenters. The van der Waals surface area contributed by atoms with Crippen molar-refractivity contribution in [1.29, 1.82) is 0 Å². The van der Waals surface area contributed by atoms with Gasteiger partial charge in [0.1, 0.15) is 0 Å². The van der Waals surface area contributed by atoms with Crippen LogP contribution in [0.2, 0.25) is 0 Å². The molecule has 0 aliphatic carbocycles. The monoisotopic (exact) mass is 420 g/mol. The van der Waals surface area contributed by atoms with E-state index in [1.165, 1.54) is 18.2 Å². The van der Waals surface area contributed by atoms with E-state index in [4.69, 9.17) is 5.73 Å². The highest BCUT2D eigenvalue weighted by Crippen LogP contribution is 2.26. The zero-order valence-electron chi connectivity index (χ0n) is 11.8. The molecule has 0 radical (unpaired) electrons. The molecule has 0 aliphatic rings. The van der Waals surface area contributed by atoms with E-state index < -0.39 is 25.4 Å². The number of rotatable bonds is 5. The van der Waals surface area contributed by atoms with Crippen molar-refractivity contribution >= 4 is 48.2 Å². The molecule has 0 saturated heterocycles. The lowest BCUT2D eigenvalue weighted by molar-refractivity contribution is 0.462. The van der Waals surface area contributed by atoms with Gasteiger partial charge in [-0.1, -0.05) is 0 Å². The maximum absolute atomic E-state index is 12.2. The van der Waals surface area contributed by atoms with Gasteiger partial charge < -0.3 is 5.73 Å². The van der Waals surface area contributed by atoms with Crippen LogP contribution in [-0.2, 0) is 19.9 Å². The van der Waals surface area contributed by atoms with Gasteiger partial charge in [0.2, 0.25) is 10.0 Å². The van der Waals surface area contributed by atoms with E-state index >= 15 is 0 Å². The smallest absolute Gasteiger partial charge is 0.242 e. The topological polar surface area (TPSA) is 106 Å². The Kier molecular flexibility index (Phi) is 6.86. The molecular weight excluding hydrogens is 404 g/mol. The number of nitrogens with two attached hydrogens (primary N) is 1. The first kappa shape index (κ1) is 20.8. The van der Waals surface area contributed by atoms with Gasteiger partial charge in [0, 0.05) is 22.8 Å². The molecule has 1 aromatic carbocycles. The van der Waals surface area contributed by atoms with Gasteiger partial charge in [0.15, 0.2) is 9.84 Å². The Morgan fingerprint density at radius 3 is 2.14 bits per heavy atom. The number of benzene rings is 1. The quantitative estimate of drug-likeness (QED) is 0.745. The van der Waals surface area contributed by atoms with Crippen LogP contribution >= 0.6 is 28.3 Å². The largest absolute Gasteiger partial charge is 0.329 e. The number of sulfonamides is 1. The summed E-state index contributed by atoms with van der Waals surface area (Å²) in [5.74, 6) is 0. The lowest BCUT2D eigenvalue weighted by atomic mass is 10.1. The van der Waals surface area contributed by atoms with Gasteiger partial charge in [-0.3, -0.25) is 0 Å². The first-order chi connectivity index (χ1) is 8.89. The van der Waals surface area contributed by atoms with Crippen LogP contribution in [0.3, 0.4) is 0 Å². The molecule has 122 valence electrons. The summed E-state index contributed by atoms with van der Waals surface area (Å²) >= 11 is 3.09. The minimum Gasteiger partial charge on any atom is -0.329 e. The molecule has 0 amide bonds. The molecule has 3 N–H and O–H groups in total. The first-order valence-corrected chi connectivity index (χ1v) is 9.79. The SMILES string of the molecule is CC(C)(CN)NS(=O)(=O)c1ccc(S(C)(=O)=O)cc1Br.Cl. The lowest BCUT2D eigenvalue weighted by Crippen LogP contribution is -2.48. The summed E-state index contributed by atoms with van der Waals surface area (Å²) in [5, 5.41) is 0. The van der Waals surface area contributed by atoms with Crippen molar-refractivity contribution in [2.45, 2.75) is 29.2 Å². The molecule has 1 aromatic rings. The minimum atomic E-state index is -3.79. The van der Waals surface area contributed by atoms with E-state index in [1.807, 2.05) is 0 Å². The fourth-order valence-electron chi connectivity index (χ4n) is 1.39. The third-order valence-electron chi connectivity index (χ3n) is 2.54. The molecule has 0 spiro atoms. The third kappa shape index (κ3) is 5.50. The van der Waals surface area contributed by atoms with Crippen LogP contribution in [0, 0.1) is 0 Å². The van der Waals surface area contributed by atoms with Crippen LogP contribution in [0.25, 0.3) is 0 Å². The standard InChI is InChI=1S/C11H17BrN2O4S2.ClH/c1-11(2,7-13)14-20(17,18)10-5-4-8(6-9(10)12)19(3,15)16;/h4-6,14H,7,13H2,1-3H3;1H. The number of hydrogen-bond acceptors (Lipinski definition) is 5. The van der Waals surface area contributed by atoms with Gasteiger partial charge in [-0.2, -0.15) is 0 Å². The Balaban J connectivity index is 0.00000400. The Morgan fingerprint density at radius 1 is 1.24 bits per heavy atom. The van der Waals surface area contributed by atoms with Crippen molar-refractivity contribution in [3.8, 4) is 0 Å². The van der Waals surface area contributed by atoms with Crippen molar-refractivity contribution in [2.24, 2.45) is 5.73 Å². The normalized spacial score (nSPS) is 12.8. The molecule has 0 saturated carbocycles. The third-order valence-corrected chi connectivity index (χ3v) is 6.33. The van der Waals surface area contributed by atoms with Gasteiger partial charge in [-0.05, 0) is 48.0 Å². The second kappa shape index (κ2) is 6.93. The molecule has 0 heterocycles.